The number of hydrogen-bond donors (Lipinski definition) is 2. The molecule has 0 radical (unpaired) electrons. The predicted octanol–water partition coefficient (Wildman–Crippen LogP) is 1.48. The molecule has 3 atom stereocenters. The normalized spacial score (nSPS) is 26.3. The first-order chi connectivity index (χ1) is 8.19. The van der Waals surface area contributed by atoms with E-state index in [2.05, 4.69) is 29.5 Å². The molecule has 5 heteroatoms. The molecule has 0 aliphatic carbocycles. The molecule has 1 aromatic heterocycles. The minimum absolute atomic E-state index is 0.331. The molecule has 1 aliphatic rings. The van der Waals surface area contributed by atoms with E-state index in [0.717, 1.165) is 19.5 Å². The van der Waals surface area contributed by atoms with Crippen molar-refractivity contribution in [3.63, 3.8) is 0 Å². The molecule has 0 saturated carbocycles. The van der Waals surface area contributed by atoms with Crippen molar-refractivity contribution in [3.8, 4) is 0 Å². The Labute approximate surface area is 107 Å². The van der Waals surface area contributed by atoms with Crippen molar-refractivity contribution in [2.75, 3.05) is 20.2 Å². The predicted molar refractivity (Wildman–Crippen MR) is 70.5 cm³/mol. The largest absolute Gasteiger partial charge is 0.380 e. The molecule has 2 heterocycles. The number of thiazole rings is 1. The van der Waals surface area contributed by atoms with Gasteiger partial charge in [-0.1, -0.05) is 0 Å². The molecule has 17 heavy (non-hydrogen) atoms. The smallest absolute Gasteiger partial charge is 0.109 e. The van der Waals surface area contributed by atoms with Crippen LogP contribution < -0.4 is 10.6 Å². The highest BCUT2D eigenvalue weighted by molar-refractivity contribution is 7.11. The molecule has 0 aromatic carbocycles. The van der Waals surface area contributed by atoms with Crippen molar-refractivity contribution in [2.45, 2.75) is 38.5 Å². The maximum absolute atomic E-state index is 5.34. The third-order valence-corrected chi connectivity index (χ3v) is 4.29. The highest BCUT2D eigenvalue weighted by atomic mass is 32.1. The van der Waals surface area contributed by atoms with Gasteiger partial charge in [-0.25, -0.2) is 4.98 Å². The Morgan fingerprint density at radius 2 is 2.53 bits per heavy atom. The molecule has 0 spiro atoms. The molecule has 1 fully saturated rings. The minimum atomic E-state index is 0.331. The van der Waals surface area contributed by atoms with E-state index in [4.69, 9.17) is 4.74 Å². The SMILES string of the molecule is COC1CNC(CNC(C)c2ncc(C)s2)C1. The standard InChI is InChI=1S/C12H21N3OS/c1-8-5-15-12(17-8)9(2)13-6-10-4-11(16-3)7-14-10/h5,9-11,13-14H,4,6-7H2,1-3H3. The van der Waals surface area contributed by atoms with Crippen LogP contribution >= 0.6 is 11.3 Å². The van der Waals surface area contributed by atoms with Gasteiger partial charge in [-0.15, -0.1) is 11.3 Å². The van der Waals surface area contributed by atoms with E-state index in [-0.39, 0.29) is 0 Å². The van der Waals surface area contributed by atoms with E-state index in [1.807, 2.05) is 6.20 Å². The quantitative estimate of drug-likeness (QED) is 0.836. The van der Waals surface area contributed by atoms with Gasteiger partial charge in [-0.2, -0.15) is 0 Å². The zero-order valence-corrected chi connectivity index (χ0v) is 11.5. The van der Waals surface area contributed by atoms with E-state index in [1.165, 1.54) is 9.88 Å². The maximum atomic E-state index is 5.34. The van der Waals surface area contributed by atoms with Crippen molar-refractivity contribution in [3.05, 3.63) is 16.1 Å². The van der Waals surface area contributed by atoms with Crippen molar-refractivity contribution < 1.29 is 4.74 Å². The Hall–Kier alpha value is -0.490. The molecule has 4 nitrogen and oxygen atoms in total. The summed E-state index contributed by atoms with van der Waals surface area (Å²) in [6.07, 6.45) is 3.40. The van der Waals surface area contributed by atoms with Crippen molar-refractivity contribution in [1.29, 1.82) is 0 Å². The zero-order valence-electron chi connectivity index (χ0n) is 10.7. The number of aryl methyl sites for hydroxylation is 1. The van der Waals surface area contributed by atoms with Crippen LogP contribution in [0.3, 0.4) is 0 Å². The van der Waals surface area contributed by atoms with Crippen LogP contribution in [0.15, 0.2) is 6.20 Å². The third-order valence-electron chi connectivity index (χ3n) is 3.19. The maximum Gasteiger partial charge on any atom is 0.109 e. The molecule has 96 valence electrons. The summed E-state index contributed by atoms with van der Waals surface area (Å²) in [6.45, 7) is 6.20. The van der Waals surface area contributed by atoms with Gasteiger partial charge in [0.2, 0.25) is 0 Å². The number of hydrogen-bond acceptors (Lipinski definition) is 5. The number of nitrogens with one attached hydrogen (secondary N) is 2. The van der Waals surface area contributed by atoms with Gasteiger partial charge in [-0.05, 0) is 20.3 Å². The number of nitrogens with zero attached hydrogens (tertiary/aromatic N) is 1. The van der Waals surface area contributed by atoms with E-state index in [9.17, 15) is 0 Å². The topological polar surface area (TPSA) is 46.2 Å². The van der Waals surface area contributed by atoms with Crippen LogP contribution in [0, 0.1) is 6.92 Å². The van der Waals surface area contributed by atoms with Crippen molar-refractivity contribution in [2.24, 2.45) is 0 Å². The van der Waals surface area contributed by atoms with Gasteiger partial charge in [0, 0.05) is 37.3 Å². The van der Waals surface area contributed by atoms with Crippen LogP contribution in [-0.4, -0.2) is 37.3 Å². The van der Waals surface area contributed by atoms with Gasteiger partial charge in [0.15, 0.2) is 0 Å². The highest BCUT2D eigenvalue weighted by Crippen LogP contribution is 2.19. The minimum Gasteiger partial charge on any atom is -0.380 e. The summed E-state index contributed by atoms with van der Waals surface area (Å²) >= 11 is 1.76. The zero-order chi connectivity index (χ0) is 12.3. The van der Waals surface area contributed by atoms with E-state index in [0.29, 0.717) is 18.2 Å². The number of rotatable bonds is 5. The Morgan fingerprint density at radius 1 is 1.71 bits per heavy atom. The van der Waals surface area contributed by atoms with Crippen LogP contribution in [0.25, 0.3) is 0 Å². The van der Waals surface area contributed by atoms with Crippen LogP contribution in [-0.2, 0) is 4.74 Å². The van der Waals surface area contributed by atoms with Crippen LogP contribution in [0.4, 0.5) is 0 Å². The third kappa shape index (κ3) is 3.48. The van der Waals surface area contributed by atoms with Crippen molar-refractivity contribution in [1.82, 2.24) is 15.6 Å². The lowest BCUT2D eigenvalue weighted by Gasteiger charge is -2.15. The number of ether oxygens (including phenoxy) is 1. The van der Waals surface area contributed by atoms with Crippen LogP contribution in [0.2, 0.25) is 0 Å². The first-order valence-electron chi connectivity index (χ1n) is 6.11. The van der Waals surface area contributed by atoms with Gasteiger partial charge in [-0.3, -0.25) is 0 Å². The summed E-state index contributed by atoms with van der Waals surface area (Å²) in [7, 11) is 1.78. The lowest BCUT2D eigenvalue weighted by molar-refractivity contribution is 0.117. The number of aromatic nitrogens is 1. The van der Waals surface area contributed by atoms with Gasteiger partial charge < -0.3 is 15.4 Å². The van der Waals surface area contributed by atoms with Gasteiger partial charge in [0.25, 0.3) is 0 Å². The summed E-state index contributed by atoms with van der Waals surface area (Å²) < 4.78 is 5.34. The van der Waals surface area contributed by atoms with Gasteiger partial charge in [0.05, 0.1) is 12.1 Å². The lowest BCUT2D eigenvalue weighted by Crippen LogP contribution is -2.35. The summed E-state index contributed by atoms with van der Waals surface area (Å²) in [5.74, 6) is 0. The Morgan fingerprint density at radius 3 is 3.12 bits per heavy atom. The Balaban J connectivity index is 1.75. The average Bonchev–Trinajstić information content (AvgIpc) is 2.94. The summed E-state index contributed by atoms with van der Waals surface area (Å²) in [5.41, 5.74) is 0. The van der Waals surface area contributed by atoms with E-state index < -0.39 is 0 Å². The van der Waals surface area contributed by atoms with Gasteiger partial charge in [0.1, 0.15) is 5.01 Å². The molecule has 1 saturated heterocycles. The first-order valence-corrected chi connectivity index (χ1v) is 6.92. The molecule has 3 unspecified atom stereocenters. The van der Waals surface area contributed by atoms with E-state index in [1.54, 1.807) is 18.4 Å². The second-order valence-corrected chi connectivity index (χ2v) is 5.90. The monoisotopic (exact) mass is 255 g/mol. The molecular formula is C12H21N3OS. The molecular weight excluding hydrogens is 234 g/mol. The molecule has 0 amide bonds. The Bertz CT molecular complexity index is 355. The summed E-state index contributed by atoms with van der Waals surface area (Å²) in [5, 5.41) is 8.16. The molecule has 2 rings (SSSR count). The second kappa shape index (κ2) is 5.91. The lowest BCUT2D eigenvalue weighted by atomic mass is 10.2. The fourth-order valence-corrected chi connectivity index (χ4v) is 2.90. The van der Waals surface area contributed by atoms with Crippen molar-refractivity contribution >= 4 is 11.3 Å². The molecule has 0 bridgehead atoms. The fraction of sp³-hybridized carbons (Fsp3) is 0.750. The average molecular weight is 255 g/mol. The molecule has 1 aliphatic heterocycles. The van der Waals surface area contributed by atoms with E-state index >= 15 is 0 Å². The molecule has 1 aromatic rings. The first kappa shape index (κ1) is 13.0. The van der Waals surface area contributed by atoms with Crippen LogP contribution in [0.1, 0.15) is 29.3 Å². The molecule has 2 N–H and O–H groups in total. The summed E-state index contributed by atoms with van der Waals surface area (Å²) in [6, 6.07) is 0.848. The highest BCUT2D eigenvalue weighted by Gasteiger charge is 2.23. The fourth-order valence-electron chi connectivity index (χ4n) is 2.10. The summed E-state index contributed by atoms with van der Waals surface area (Å²) in [4.78, 5) is 5.67. The number of methoxy groups -OCH3 is 1. The van der Waals surface area contributed by atoms with Crippen LogP contribution in [0.5, 0.6) is 0 Å². The second-order valence-electron chi connectivity index (χ2n) is 4.64. The Kier molecular flexibility index (Phi) is 4.50. The van der Waals surface area contributed by atoms with Gasteiger partial charge >= 0.3 is 0 Å².